The third-order valence-corrected chi connectivity index (χ3v) is 8.69. The van der Waals surface area contributed by atoms with Crippen molar-refractivity contribution in [1.82, 2.24) is 0 Å². The molecule has 4 aromatic rings. The fourth-order valence-electron chi connectivity index (χ4n) is 6.10. The van der Waals surface area contributed by atoms with Crippen LogP contribution in [0.25, 0.3) is 0 Å². The topological polar surface area (TPSA) is 80.9 Å². The summed E-state index contributed by atoms with van der Waals surface area (Å²) in [6, 6.07) is 39.1. The van der Waals surface area contributed by atoms with Gasteiger partial charge in [0.15, 0.2) is 0 Å². The largest absolute Gasteiger partial charge is 0.396 e. The monoisotopic (exact) mass is 566 g/mol. The number of aliphatic hydroxyl groups is 4. The Labute approximate surface area is 251 Å². The maximum Gasteiger partial charge on any atom is 0.115 e. The van der Waals surface area contributed by atoms with Crippen LogP contribution in [0.3, 0.4) is 0 Å². The van der Waals surface area contributed by atoms with Crippen LogP contribution in [-0.4, -0.2) is 33.1 Å². The maximum absolute atomic E-state index is 12.0. The standard InChI is InChI=1S/C38H46O4/c39-30-14-13-15-31(26-28-37(41,32-16-5-1-6-17-32)33-18-7-2-8-19-33)24-25-36(40)27-29-38(42,34-20-9-3-10-21-34)35-22-11-4-12-23-35/h1-12,16-23,31,36,39-42H,13-15,24-30H2. The third kappa shape index (κ3) is 8.39. The molecule has 0 fully saturated rings. The third-order valence-electron chi connectivity index (χ3n) is 8.69. The smallest absolute Gasteiger partial charge is 0.115 e. The molecule has 0 saturated heterocycles. The number of benzene rings is 4. The van der Waals surface area contributed by atoms with Gasteiger partial charge in [-0.2, -0.15) is 0 Å². The highest BCUT2D eigenvalue weighted by Crippen LogP contribution is 2.38. The second kappa shape index (κ2) is 15.8. The highest BCUT2D eigenvalue weighted by molar-refractivity contribution is 5.37. The molecule has 0 saturated carbocycles. The van der Waals surface area contributed by atoms with Gasteiger partial charge in [-0.25, -0.2) is 0 Å². The minimum Gasteiger partial charge on any atom is -0.396 e. The molecular weight excluding hydrogens is 520 g/mol. The van der Waals surface area contributed by atoms with Gasteiger partial charge in [-0.1, -0.05) is 134 Å². The van der Waals surface area contributed by atoms with Crippen LogP contribution in [0, 0.1) is 5.92 Å². The predicted octanol–water partition coefficient (Wildman–Crippen LogP) is 7.34. The summed E-state index contributed by atoms with van der Waals surface area (Å²) in [7, 11) is 0. The maximum atomic E-state index is 12.0. The van der Waals surface area contributed by atoms with Crippen molar-refractivity contribution < 1.29 is 20.4 Å². The van der Waals surface area contributed by atoms with E-state index in [4.69, 9.17) is 0 Å². The van der Waals surface area contributed by atoms with E-state index in [1.807, 2.05) is 121 Å². The van der Waals surface area contributed by atoms with Crippen molar-refractivity contribution >= 4 is 0 Å². The molecule has 4 aromatic carbocycles. The zero-order valence-electron chi connectivity index (χ0n) is 24.6. The van der Waals surface area contributed by atoms with Crippen LogP contribution >= 0.6 is 0 Å². The molecule has 4 rings (SSSR count). The lowest BCUT2D eigenvalue weighted by Crippen LogP contribution is -2.29. The van der Waals surface area contributed by atoms with Gasteiger partial charge < -0.3 is 20.4 Å². The molecule has 0 aliphatic carbocycles. The van der Waals surface area contributed by atoms with Crippen molar-refractivity contribution in [2.24, 2.45) is 5.92 Å². The first-order valence-electron chi connectivity index (χ1n) is 15.4. The SMILES string of the molecule is OCCCCC(CCC(O)CCC(O)(c1ccccc1)c1ccccc1)CCC(O)(c1ccccc1)c1ccccc1. The Morgan fingerprint density at radius 3 is 1.21 bits per heavy atom. The molecule has 4 N–H and O–H groups in total. The molecule has 2 atom stereocenters. The van der Waals surface area contributed by atoms with Crippen molar-refractivity contribution in [3.05, 3.63) is 144 Å². The molecular formula is C38H46O4. The van der Waals surface area contributed by atoms with Gasteiger partial charge in [0.25, 0.3) is 0 Å². The van der Waals surface area contributed by atoms with E-state index in [1.54, 1.807) is 0 Å². The summed E-state index contributed by atoms with van der Waals surface area (Å²) in [5.41, 5.74) is 1.14. The summed E-state index contributed by atoms with van der Waals surface area (Å²) in [5, 5.41) is 44.4. The second-order valence-electron chi connectivity index (χ2n) is 11.6. The first-order chi connectivity index (χ1) is 20.5. The Kier molecular flexibility index (Phi) is 11.9. The molecule has 0 aliphatic heterocycles. The van der Waals surface area contributed by atoms with E-state index < -0.39 is 17.3 Å². The van der Waals surface area contributed by atoms with Gasteiger partial charge in [0.05, 0.1) is 6.10 Å². The Morgan fingerprint density at radius 1 is 0.452 bits per heavy atom. The summed E-state index contributed by atoms with van der Waals surface area (Å²) >= 11 is 0. The van der Waals surface area contributed by atoms with Crippen LogP contribution in [0.4, 0.5) is 0 Å². The van der Waals surface area contributed by atoms with Crippen molar-refractivity contribution in [3.63, 3.8) is 0 Å². The Bertz CT molecular complexity index is 1200. The number of rotatable bonds is 17. The van der Waals surface area contributed by atoms with E-state index in [2.05, 4.69) is 0 Å². The number of hydrogen-bond acceptors (Lipinski definition) is 4. The number of unbranched alkanes of at least 4 members (excludes halogenated alkanes) is 1. The van der Waals surface area contributed by atoms with Crippen molar-refractivity contribution in [2.45, 2.75) is 75.1 Å². The highest BCUT2D eigenvalue weighted by Gasteiger charge is 2.33. The summed E-state index contributed by atoms with van der Waals surface area (Å²) in [6.45, 7) is 0.171. The van der Waals surface area contributed by atoms with Crippen LogP contribution in [0.15, 0.2) is 121 Å². The van der Waals surface area contributed by atoms with Crippen LogP contribution in [0.5, 0.6) is 0 Å². The molecule has 4 heteroatoms. The summed E-state index contributed by atoms with van der Waals surface area (Å²) in [5.74, 6) is 0.298. The summed E-state index contributed by atoms with van der Waals surface area (Å²) in [6.07, 6.45) is 5.76. The zero-order valence-corrected chi connectivity index (χ0v) is 24.6. The van der Waals surface area contributed by atoms with E-state index in [1.165, 1.54) is 0 Å². The molecule has 42 heavy (non-hydrogen) atoms. The van der Waals surface area contributed by atoms with E-state index >= 15 is 0 Å². The quantitative estimate of drug-likeness (QED) is 0.101. The first-order valence-corrected chi connectivity index (χ1v) is 15.4. The fraction of sp³-hybridized carbons (Fsp3) is 0.368. The van der Waals surface area contributed by atoms with Gasteiger partial charge in [-0.15, -0.1) is 0 Å². The van der Waals surface area contributed by atoms with Crippen molar-refractivity contribution in [2.75, 3.05) is 6.61 Å². The van der Waals surface area contributed by atoms with E-state index in [0.29, 0.717) is 31.6 Å². The van der Waals surface area contributed by atoms with Gasteiger partial charge in [0.2, 0.25) is 0 Å². The fourth-order valence-corrected chi connectivity index (χ4v) is 6.10. The van der Waals surface area contributed by atoms with Crippen LogP contribution in [-0.2, 0) is 11.2 Å². The normalized spacial score (nSPS) is 13.5. The molecule has 0 aromatic heterocycles. The molecule has 4 nitrogen and oxygen atoms in total. The van der Waals surface area contributed by atoms with E-state index in [9.17, 15) is 20.4 Å². The average molecular weight is 567 g/mol. The van der Waals surface area contributed by atoms with Crippen molar-refractivity contribution in [1.29, 1.82) is 0 Å². The van der Waals surface area contributed by atoms with Crippen molar-refractivity contribution in [3.8, 4) is 0 Å². The number of hydrogen-bond donors (Lipinski definition) is 4. The molecule has 0 radical (unpaired) electrons. The lowest BCUT2D eigenvalue weighted by Gasteiger charge is -2.32. The van der Waals surface area contributed by atoms with Gasteiger partial charge in [0.1, 0.15) is 11.2 Å². The Balaban J connectivity index is 1.42. The Morgan fingerprint density at radius 2 is 0.833 bits per heavy atom. The van der Waals surface area contributed by atoms with E-state index in [-0.39, 0.29) is 6.61 Å². The van der Waals surface area contributed by atoms with E-state index in [0.717, 1.165) is 54.4 Å². The molecule has 0 bridgehead atoms. The Hall–Kier alpha value is -3.28. The number of aliphatic hydroxyl groups excluding tert-OH is 2. The molecule has 0 spiro atoms. The van der Waals surface area contributed by atoms with Crippen LogP contribution in [0.2, 0.25) is 0 Å². The van der Waals surface area contributed by atoms with Gasteiger partial charge >= 0.3 is 0 Å². The molecule has 0 heterocycles. The molecule has 0 amide bonds. The average Bonchev–Trinajstić information content (AvgIpc) is 3.06. The van der Waals surface area contributed by atoms with Crippen LogP contribution < -0.4 is 0 Å². The predicted molar refractivity (Wildman–Crippen MR) is 170 cm³/mol. The van der Waals surface area contributed by atoms with Gasteiger partial charge in [-0.05, 0) is 73.1 Å². The second-order valence-corrected chi connectivity index (χ2v) is 11.6. The first kappa shape index (κ1) is 31.7. The lowest BCUT2D eigenvalue weighted by atomic mass is 9.78. The van der Waals surface area contributed by atoms with Crippen LogP contribution in [0.1, 0.15) is 80.0 Å². The van der Waals surface area contributed by atoms with Gasteiger partial charge in [0, 0.05) is 6.61 Å². The minimum absolute atomic E-state index is 0.171. The summed E-state index contributed by atoms with van der Waals surface area (Å²) < 4.78 is 0. The minimum atomic E-state index is -1.17. The molecule has 0 aliphatic rings. The zero-order chi connectivity index (χ0) is 29.7. The lowest BCUT2D eigenvalue weighted by molar-refractivity contribution is 0.0431. The molecule has 222 valence electrons. The summed E-state index contributed by atoms with van der Waals surface area (Å²) in [4.78, 5) is 0. The van der Waals surface area contributed by atoms with Gasteiger partial charge in [-0.3, -0.25) is 0 Å². The highest BCUT2D eigenvalue weighted by atomic mass is 16.3. The molecule has 2 unspecified atom stereocenters.